The molecule has 124 valence electrons. The maximum absolute atomic E-state index is 13.4. The summed E-state index contributed by atoms with van der Waals surface area (Å²) in [6.45, 7) is 0.0591. The predicted molar refractivity (Wildman–Crippen MR) is 84.1 cm³/mol. The highest BCUT2D eigenvalue weighted by Gasteiger charge is 2.18. The molecule has 0 unspecified atom stereocenters. The minimum absolute atomic E-state index is 0.234. The Morgan fingerprint density at radius 3 is 2.88 bits per heavy atom. The number of aromatic nitrogens is 1. The van der Waals surface area contributed by atoms with Gasteiger partial charge in [0.1, 0.15) is 18.1 Å². The molecule has 1 aromatic carbocycles. The van der Waals surface area contributed by atoms with Crippen LogP contribution in [0.2, 0.25) is 0 Å². The van der Waals surface area contributed by atoms with Crippen molar-refractivity contribution in [1.29, 1.82) is 0 Å². The molecular weight excluding hydrogens is 315 g/mol. The van der Waals surface area contributed by atoms with Crippen LogP contribution in [0.1, 0.15) is 16.1 Å². The van der Waals surface area contributed by atoms with E-state index in [0.29, 0.717) is 28.9 Å². The number of carbonyl (C=O) groups is 2. The van der Waals surface area contributed by atoms with Crippen molar-refractivity contribution in [2.45, 2.75) is 6.54 Å². The molecule has 6 nitrogen and oxygen atoms in total. The van der Waals surface area contributed by atoms with Gasteiger partial charge in [-0.3, -0.25) is 9.59 Å². The van der Waals surface area contributed by atoms with Gasteiger partial charge in [0.05, 0.1) is 18.9 Å². The van der Waals surface area contributed by atoms with E-state index in [0.717, 1.165) is 0 Å². The van der Waals surface area contributed by atoms with E-state index in [2.05, 4.69) is 10.1 Å². The minimum Gasteiger partial charge on any atom is -0.468 e. The molecule has 24 heavy (non-hydrogen) atoms. The van der Waals surface area contributed by atoms with Crippen LogP contribution in [-0.2, 0) is 16.1 Å². The normalized spacial score (nSPS) is 10.8. The molecule has 2 aromatic heterocycles. The van der Waals surface area contributed by atoms with Crippen molar-refractivity contribution >= 4 is 23.0 Å². The molecule has 0 spiro atoms. The summed E-state index contributed by atoms with van der Waals surface area (Å²) in [6.07, 6.45) is 1.52. The third-order valence-electron chi connectivity index (χ3n) is 3.61. The number of hydrogen-bond acceptors (Lipinski definition) is 4. The molecule has 0 aliphatic carbocycles. The standard InChI is InChI=1S/C17H15FN2O4/c1-23-16(21)9-19-17(22)14-8-15-13(5-6-24-15)20(14)10-11-3-2-4-12(18)7-11/h2-8H,9-10H2,1H3,(H,19,22). The van der Waals surface area contributed by atoms with Crippen molar-refractivity contribution in [2.75, 3.05) is 13.7 Å². The zero-order valence-corrected chi connectivity index (χ0v) is 12.9. The van der Waals surface area contributed by atoms with Crippen LogP contribution in [-0.4, -0.2) is 30.1 Å². The molecule has 7 heteroatoms. The molecule has 0 atom stereocenters. The van der Waals surface area contributed by atoms with E-state index in [1.54, 1.807) is 28.8 Å². The van der Waals surface area contributed by atoms with Crippen LogP contribution < -0.4 is 5.32 Å². The highest BCUT2D eigenvalue weighted by Crippen LogP contribution is 2.22. The lowest BCUT2D eigenvalue weighted by atomic mass is 10.2. The average molecular weight is 330 g/mol. The van der Waals surface area contributed by atoms with Crippen molar-refractivity contribution in [3.8, 4) is 0 Å². The number of benzene rings is 1. The van der Waals surface area contributed by atoms with Crippen molar-refractivity contribution in [3.05, 3.63) is 59.7 Å². The number of methoxy groups -OCH3 is 1. The van der Waals surface area contributed by atoms with Gasteiger partial charge in [-0.1, -0.05) is 12.1 Å². The van der Waals surface area contributed by atoms with Crippen molar-refractivity contribution in [3.63, 3.8) is 0 Å². The Morgan fingerprint density at radius 1 is 1.29 bits per heavy atom. The van der Waals surface area contributed by atoms with Gasteiger partial charge in [-0.2, -0.15) is 0 Å². The summed E-state index contributed by atoms with van der Waals surface area (Å²) < 4.78 is 24.9. The number of furan rings is 1. The summed E-state index contributed by atoms with van der Waals surface area (Å²) in [5.74, 6) is -1.33. The third kappa shape index (κ3) is 3.15. The van der Waals surface area contributed by atoms with Crippen LogP contribution in [0.15, 0.2) is 47.1 Å². The molecule has 0 bridgehead atoms. The quantitative estimate of drug-likeness (QED) is 0.729. The van der Waals surface area contributed by atoms with Gasteiger partial charge in [-0.25, -0.2) is 4.39 Å². The highest BCUT2D eigenvalue weighted by molar-refractivity contribution is 5.98. The Labute approximate surface area is 136 Å². The van der Waals surface area contributed by atoms with Gasteiger partial charge in [0.15, 0.2) is 5.58 Å². The number of nitrogens with zero attached hydrogens (tertiary/aromatic N) is 1. The van der Waals surface area contributed by atoms with Crippen LogP contribution in [0.25, 0.3) is 11.1 Å². The first-order valence-corrected chi connectivity index (χ1v) is 7.24. The van der Waals surface area contributed by atoms with Crippen LogP contribution >= 0.6 is 0 Å². The lowest BCUT2D eigenvalue weighted by molar-refractivity contribution is -0.139. The topological polar surface area (TPSA) is 73.5 Å². The van der Waals surface area contributed by atoms with Gasteiger partial charge in [-0.05, 0) is 17.7 Å². The number of halogens is 1. The first-order valence-electron chi connectivity index (χ1n) is 7.24. The van der Waals surface area contributed by atoms with E-state index >= 15 is 0 Å². The largest absolute Gasteiger partial charge is 0.468 e. The minimum atomic E-state index is -0.546. The number of nitrogens with one attached hydrogen (secondary N) is 1. The maximum atomic E-state index is 13.4. The fraction of sp³-hybridized carbons (Fsp3) is 0.176. The molecule has 2 heterocycles. The molecule has 1 N–H and O–H groups in total. The fourth-order valence-electron chi connectivity index (χ4n) is 2.47. The third-order valence-corrected chi connectivity index (χ3v) is 3.61. The zero-order valence-electron chi connectivity index (χ0n) is 12.9. The Hall–Kier alpha value is -3.09. The Kier molecular flexibility index (Phi) is 4.33. The van der Waals surface area contributed by atoms with Crippen LogP contribution in [0, 0.1) is 5.82 Å². The van der Waals surface area contributed by atoms with Crippen LogP contribution in [0.3, 0.4) is 0 Å². The van der Waals surface area contributed by atoms with Gasteiger partial charge in [0, 0.05) is 18.7 Å². The maximum Gasteiger partial charge on any atom is 0.325 e. The van der Waals surface area contributed by atoms with Gasteiger partial charge in [0.2, 0.25) is 0 Å². The van der Waals surface area contributed by atoms with Crippen LogP contribution in [0.5, 0.6) is 0 Å². The number of amides is 1. The van der Waals surface area contributed by atoms with Crippen molar-refractivity contribution in [2.24, 2.45) is 0 Å². The molecule has 3 rings (SSSR count). The van der Waals surface area contributed by atoms with Crippen molar-refractivity contribution in [1.82, 2.24) is 9.88 Å². The van der Waals surface area contributed by atoms with Gasteiger partial charge < -0.3 is 19.0 Å². The summed E-state index contributed by atoms with van der Waals surface area (Å²) in [7, 11) is 1.24. The van der Waals surface area contributed by atoms with Crippen LogP contribution in [0.4, 0.5) is 4.39 Å². The number of carbonyl (C=O) groups excluding carboxylic acids is 2. The molecule has 3 aromatic rings. The molecule has 1 amide bonds. The zero-order chi connectivity index (χ0) is 17.1. The van der Waals surface area contributed by atoms with Gasteiger partial charge in [0.25, 0.3) is 5.91 Å². The molecule has 0 saturated carbocycles. The average Bonchev–Trinajstić information content (AvgIpc) is 3.15. The summed E-state index contributed by atoms with van der Waals surface area (Å²) >= 11 is 0. The first-order chi connectivity index (χ1) is 11.6. The van der Waals surface area contributed by atoms with Gasteiger partial charge in [-0.15, -0.1) is 0 Å². The van der Waals surface area contributed by atoms with E-state index in [4.69, 9.17) is 4.42 Å². The smallest absolute Gasteiger partial charge is 0.325 e. The summed E-state index contributed by atoms with van der Waals surface area (Å²) in [5.41, 5.74) is 2.27. The van der Waals surface area contributed by atoms with Gasteiger partial charge >= 0.3 is 5.97 Å². The number of fused-ring (bicyclic) bond motifs is 1. The molecule has 0 aliphatic rings. The molecule has 0 radical (unpaired) electrons. The lowest BCUT2D eigenvalue weighted by Gasteiger charge is -2.10. The number of hydrogen-bond donors (Lipinski definition) is 1. The second kappa shape index (κ2) is 6.57. The fourth-order valence-corrected chi connectivity index (χ4v) is 2.47. The van der Waals surface area contributed by atoms with E-state index in [-0.39, 0.29) is 12.4 Å². The highest BCUT2D eigenvalue weighted by atomic mass is 19.1. The van der Waals surface area contributed by atoms with E-state index in [9.17, 15) is 14.0 Å². The van der Waals surface area contributed by atoms with E-state index < -0.39 is 11.9 Å². The van der Waals surface area contributed by atoms with E-state index in [1.165, 1.54) is 25.5 Å². The Morgan fingerprint density at radius 2 is 2.12 bits per heavy atom. The molecule has 0 fully saturated rings. The second-order valence-corrected chi connectivity index (χ2v) is 5.17. The van der Waals surface area contributed by atoms with E-state index in [1.807, 2.05) is 0 Å². The second-order valence-electron chi connectivity index (χ2n) is 5.17. The monoisotopic (exact) mass is 330 g/mol. The summed E-state index contributed by atoms with van der Waals surface area (Å²) in [5, 5.41) is 2.49. The Balaban J connectivity index is 1.92. The molecule has 0 saturated heterocycles. The van der Waals surface area contributed by atoms with Crippen molar-refractivity contribution < 1.29 is 23.1 Å². The summed E-state index contributed by atoms with van der Waals surface area (Å²) in [4.78, 5) is 23.5. The SMILES string of the molecule is COC(=O)CNC(=O)c1cc2occc2n1Cc1cccc(F)c1. The number of ether oxygens (including phenoxy) is 1. The molecule has 0 aliphatic heterocycles. The molecular formula is C17H15FN2O4. The first kappa shape index (κ1) is 15.8. The Bertz CT molecular complexity index is 897. The predicted octanol–water partition coefficient (Wildman–Crippen LogP) is 2.32. The summed E-state index contributed by atoms with van der Waals surface area (Å²) in [6, 6.07) is 9.45. The number of rotatable bonds is 5. The number of esters is 1. The lowest BCUT2D eigenvalue weighted by Crippen LogP contribution is -2.31.